The maximum absolute atomic E-state index is 5.40. The summed E-state index contributed by atoms with van der Waals surface area (Å²) in [6.45, 7) is 2.54. The SMILES string of the molecule is NCCn1cc[n+](CCS)c1.[Br-]. The van der Waals surface area contributed by atoms with Crippen LogP contribution in [0, 0.1) is 0 Å². The number of thiol groups is 1. The molecule has 0 aliphatic carbocycles. The van der Waals surface area contributed by atoms with Crippen LogP contribution in [-0.2, 0) is 13.1 Å². The van der Waals surface area contributed by atoms with Crippen LogP contribution in [0.4, 0.5) is 0 Å². The lowest BCUT2D eigenvalue weighted by Crippen LogP contribution is -3.00. The van der Waals surface area contributed by atoms with Crippen molar-refractivity contribution in [2.24, 2.45) is 5.73 Å². The van der Waals surface area contributed by atoms with E-state index in [0.29, 0.717) is 6.54 Å². The summed E-state index contributed by atoms with van der Waals surface area (Å²) < 4.78 is 4.17. The molecule has 0 fully saturated rings. The Hall–Kier alpha value is 0. The van der Waals surface area contributed by atoms with Crippen LogP contribution >= 0.6 is 12.6 Å². The Morgan fingerprint density at radius 3 is 2.83 bits per heavy atom. The first kappa shape index (κ1) is 12.0. The number of rotatable bonds is 4. The second kappa shape index (κ2) is 6.51. The number of aromatic nitrogens is 2. The van der Waals surface area contributed by atoms with Gasteiger partial charge in [-0.15, -0.1) is 0 Å². The topological polar surface area (TPSA) is 34.8 Å². The predicted molar refractivity (Wildman–Crippen MR) is 47.5 cm³/mol. The molecule has 1 aromatic rings. The summed E-state index contributed by atoms with van der Waals surface area (Å²) in [7, 11) is 0. The fraction of sp³-hybridized carbons (Fsp3) is 0.571. The summed E-state index contributed by atoms with van der Waals surface area (Å²) in [6, 6.07) is 0. The van der Waals surface area contributed by atoms with E-state index >= 15 is 0 Å². The first-order valence-electron chi connectivity index (χ1n) is 3.72. The van der Waals surface area contributed by atoms with Crippen molar-refractivity contribution < 1.29 is 21.5 Å². The molecule has 12 heavy (non-hydrogen) atoms. The molecule has 0 saturated heterocycles. The van der Waals surface area contributed by atoms with Gasteiger partial charge in [-0.2, -0.15) is 12.6 Å². The number of hydrogen-bond acceptors (Lipinski definition) is 2. The lowest BCUT2D eigenvalue weighted by Gasteiger charge is -1.90. The van der Waals surface area contributed by atoms with Crippen molar-refractivity contribution in [2.45, 2.75) is 13.1 Å². The van der Waals surface area contributed by atoms with Gasteiger partial charge in [-0.05, 0) is 0 Å². The van der Waals surface area contributed by atoms with Crippen molar-refractivity contribution in [2.75, 3.05) is 12.3 Å². The van der Waals surface area contributed by atoms with Gasteiger partial charge in [0.15, 0.2) is 0 Å². The number of aryl methyl sites for hydroxylation is 1. The highest BCUT2D eigenvalue weighted by atomic mass is 79.9. The van der Waals surface area contributed by atoms with Gasteiger partial charge in [0.1, 0.15) is 18.9 Å². The van der Waals surface area contributed by atoms with Gasteiger partial charge >= 0.3 is 0 Å². The molecule has 0 aromatic carbocycles. The van der Waals surface area contributed by atoms with Gasteiger partial charge in [-0.25, -0.2) is 9.13 Å². The minimum atomic E-state index is 0. The van der Waals surface area contributed by atoms with E-state index in [-0.39, 0.29) is 17.0 Å². The highest BCUT2D eigenvalue weighted by Gasteiger charge is 1.99. The molecular weight excluding hydrogens is 238 g/mol. The predicted octanol–water partition coefficient (Wildman–Crippen LogP) is -3.33. The van der Waals surface area contributed by atoms with Gasteiger partial charge in [0.05, 0.1) is 6.54 Å². The highest BCUT2D eigenvalue weighted by Crippen LogP contribution is 1.83. The highest BCUT2D eigenvalue weighted by molar-refractivity contribution is 7.80. The Morgan fingerprint density at radius 2 is 2.25 bits per heavy atom. The molecule has 1 aromatic heterocycles. The van der Waals surface area contributed by atoms with Crippen molar-refractivity contribution >= 4 is 12.6 Å². The van der Waals surface area contributed by atoms with Crippen LogP contribution in [0.25, 0.3) is 0 Å². The molecule has 0 saturated carbocycles. The largest absolute Gasteiger partial charge is 1.00 e. The minimum Gasteiger partial charge on any atom is -1.00 e. The summed E-state index contributed by atoms with van der Waals surface area (Å²) in [5, 5.41) is 0. The molecule has 5 heteroatoms. The summed E-state index contributed by atoms with van der Waals surface area (Å²) >= 11 is 4.14. The van der Waals surface area contributed by atoms with Crippen LogP contribution in [0.1, 0.15) is 0 Å². The maximum atomic E-state index is 5.40. The van der Waals surface area contributed by atoms with E-state index in [0.717, 1.165) is 18.8 Å². The van der Waals surface area contributed by atoms with Crippen LogP contribution in [0.3, 0.4) is 0 Å². The molecule has 0 amide bonds. The fourth-order valence-corrected chi connectivity index (χ4v) is 1.20. The third-order valence-corrected chi connectivity index (χ3v) is 1.69. The first-order chi connectivity index (χ1) is 5.36. The van der Waals surface area contributed by atoms with E-state index in [4.69, 9.17) is 5.73 Å². The van der Waals surface area contributed by atoms with E-state index in [1.807, 2.05) is 18.7 Å². The summed E-state index contributed by atoms with van der Waals surface area (Å²) in [4.78, 5) is 0. The van der Waals surface area contributed by atoms with Crippen LogP contribution in [0.15, 0.2) is 18.7 Å². The Morgan fingerprint density at radius 1 is 1.50 bits per heavy atom. The van der Waals surface area contributed by atoms with E-state index < -0.39 is 0 Å². The number of imidazole rings is 1. The molecule has 1 heterocycles. The lowest BCUT2D eigenvalue weighted by atomic mass is 10.6. The van der Waals surface area contributed by atoms with E-state index in [2.05, 4.69) is 21.8 Å². The molecule has 3 nitrogen and oxygen atoms in total. The van der Waals surface area contributed by atoms with Crippen LogP contribution in [0.2, 0.25) is 0 Å². The third kappa shape index (κ3) is 3.60. The van der Waals surface area contributed by atoms with Crippen molar-refractivity contribution in [3.8, 4) is 0 Å². The Bertz CT molecular complexity index is 194. The number of nitrogens with zero attached hydrogens (tertiary/aromatic N) is 2. The second-order valence-corrected chi connectivity index (χ2v) is 2.85. The smallest absolute Gasteiger partial charge is 0.243 e. The second-order valence-electron chi connectivity index (χ2n) is 2.40. The normalized spacial score (nSPS) is 9.50. The lowest BCUT2D eigenvalue weighted by molar-refractivity contribution is -0.691. The number of nitrogens with two attached hydrogens (primary N) is 1. The molecule has 2 N–H and O–H groups in total. The van der Waals surface area contributed by atoms with Gasteiger partial charge < -0.3 is 22.7 Å². The Kier molecular flexibility index (Phi) is 6.51. The Labute approximate surface area is 88.7 Å². The standard InChI is InChI=1S/C7H13N3S.BrH/c8-1-2-9-3-4-10(7-9)5-6-11;/h3-4,7H,1-2,5-6,8H2;1H. The van der Waals surface area contributed by atoms with Crippen molar-refractivity contribution in [1.29, 1.82) is 0 Å². The van der Waals surface area contributed by atoms with Crippen molar-refractivity contribution in [3.05, 3.63) is 18.7 Å². The molecular formula is C7H14BrN3S. The van der Waals surface area contributed by atoms with E-state index in [9.17, 15) is 0 Å². The molecule has 0 radical (unpaired) electrons. The minimum absolute atomic E-state index is 0. The molecule has 70 valence electrons. The van der Waals surface area contributed by atoms with E-state index in [1.54, 1.807) is 0 Å². The van der Waals surface area contributed by atoms with Crippen molar-refractivity contribution in [1.82, 2.24) is 4.57 Å². The summed E-state index contributed by atoms with van der Waals surface area (Å²) in [6.07, 6.45) is 6.10. The quantitative estimate of drug-likeness (QED) is 0.427. The zero-order valence-electron chi connectivity index (χ0n) is 6.86. The van der Waals surface area contributed by atoms with Gasteiger partial charge in [-0.3, -0.25) is 0 Å². The van der Waals surface area contributed by atoms with Gasteiger partial charge in [0, 0.05) is 12.3 Å². The molecule has 1 rings (SSSR count). The van der Waals surface area contributed by atoms with Crippen LogP contribution < -0.4 is 27.3 Å². The van der Waals surface area contributed by atoms with Gasteiger partial charge in [-0.1, -0.05) is 0 Å². The van der Waals surface area contributed by atoms with Gasteiger partial charge in [0.2, 0.25) is 6.33 Å². The first-order valence-corrected chi connectivity index (χ1v) is 4.36. The molecule has 0 spiro atoms. The molecule has 0 aliphatic heterocycles. The average molecular weight is 252 g/mol. The zero-order chi connectivity index (χ0) is 8.10. The Balaban J connectivity index is 0.00000121. The monoisotopic (exact) mass is 251 g/mol. The number of halogens is 1. The van der Waals surface area contributed by atoms with Gasteiger partial charge in [0.25, 0.3) is 0 Å². The maximum Gasteiger partial charge on any atom is 0.243 e. The average Bonchev–Trinajstić information content (AvgIpc) is 2.38. The molecule has 0 unspecified atom stereocenters. The zero-order valence-corrected chi connectivity index (χ0v) is 9.34. The van der Waals surface area contributed by atoms with Crippen LogP contribution in [-0.4, -0.2) is 16.9 Å². The van der Waals surface area contributed by atoms with E-state index in [1.165, 1.54) is 0 Å². The number of hydrogen-bond donors (Lipinski definition) is 2. The molecule has 0 bridgehead atoms. The fourth-order valence-electron chi connectivity index (χ4n) is 0.968. The van der Waals surface area contributed by atoms with Crippen molar-refractivity contribution in [3.63, 3.8) is 0 Å². The molecule has 0 aliphatic rings. The third-order valence-electron chi connectivity index (χ3n) is 1.49. The molecule has 0 atom stereocenters. The summed E-state index contributed by atoms with van der Waals surface area (Å²) in [5.74, 6) is 0.872. The van der Waals surface area contributed by atoms with Crippen LogP contribution in [0.5, 0.6) is 0 Å². The summed E-state index contributed by atoms with van der Waals surface area (Å²) in [5.41, 5.74) is 5.40.